The van der Waals surface area contributed by atoms with Gasteiger partial charge in [-0.25, -0.2) is 0 Å². The van der Waals surface area contributed by atoms with Crippen LogP contribution >= 0.6 is 11.6 Å². The Hall–Kier alpha value is -1.43. The molecule has 0 saturated heterocycles. The van der Waals surface area contributed by atoms with E-state index in [4.69, 9.17) is 11.6 Å². The summed E-state index contributed by atoms with van der Waals surface area (Å²) in [6, 6.07) is 13.2. The van der Waals surface area contributed by atoms with Crippen molar-refractivity contribution in [3.05, 3.63) is 70.6 Å². The summed E-state index contributed by atoms with van der Waals surface area (Å²) in [4.78, 5) is 0.313. The minimum Gasteiger partial charge on any atom is -0.607 e. The number of hydrogen-bond acceptors (Lipinski definition) is 1. The first-order valence-corrected chi connectivity index (χ1v) is 7.47. The minimum atomic E-state index is -4.60. The molecule has 1 atom stereocenters. The van der Waals surface area contributed by atoms with Crippen LogP contribution in [0, 0.1) is 0 Å². The van der Waals surface area contributed by atoms with E-state index in [1.54, 1.807) is 18.2 Å². The standard InChI is InChI=1S/C15H10ClF3OS/c16-12-8-6-11(7-9-12)14(15(17,18)19)10-21(20)13-4-2-1-3-5-13/h1-10H/b14-10+. The van der Waals surface area contributed by atoms with Gasteiger partial charge in [-0.3, -0.25) is 0 Å². The van der Waals surface area contributed by atoms with Gasteiger partial charge in [0.2, 0.25) is 0 Å². The molecule has 1 unspecified atom stereocenters. The van der Waals surface area contributed by atoms with Crippen LogP contribution in [0.3, 0.4) is 0 Å². The van der Waals surface area contributed by atoms with Gasteiger partial charge in [0.25, 0.3) is 0 Å². The molecule has 0 aliphatic rings. The van der Waals surface area contributed by atoms with Gasteiger partial charge >= 0.3 is 6.18 Å². The quantitative estimate of drug-likeness (QED) is 0.722. The molecule has 0 saturated carbocycles. The highest BCUT2D eigenvalue weighted by atomic mass is 35.5. The normalized spacial score (nSPS) is 14.0. The lowest BCUT2D eigenvalue weighted by atomic mass is 10.1. The Kier molecular flexibility index (Phi) is 4.98. The molecular formula is C15H10ClF3OS. The molecule has 0 aliphatic heterocycles. The lowest BCUT2D eigenvalue weighted by Gasteiger charge is -2.13. The molecule has 2 aromatic carbocycles. The summed E-state index contributed by atoms with van der Waals surface area (Å²) in [5.41, 5.74) is -1.02. The molecule has 2 aromatic rings. The van der Waals surface area contributed by atoms with E-state index in [0.29, 0.717) is 9.92 Å². The van der Waals surface area contributed by atoms with Crippen molar-refractivity contribution < 1.29 is 17.7 Å². The SMILES string of the molecule is [O-][S+](/C=C(\c1ccc(Cl)cc1)C(F)(F)F)c1ccccc1. The maximum atomic E-state index is 13.1. The van der Waals surface area contributed by atoms with Gasteiger partial charge in [-0.15, -0.1) is 0 Å². The van der Waals surface area contributed by atoms with Gasteiger partial charge in [0.1, 0.15) is 11.0 Å². The lowest BCUT2D eigenvalue weighted by molar-refractivity contribution is -0.0688. The van der Waals surface area contributed by atoms with Crippen LogP contribution in [0.4, 0.5) is 13.2 Å². The Balaban J connectivity index is 2.41. The van der Waals surface area contributed by atoms with E-state index in [-0.39, 0.29) is 5.56 Å². The van der Waals surface area contributed by atoms with Gasteiger partial charge in [-0.05, 0) is 29.8 Å². The maximum Gasteiger partial charge on any atom is 0.421 e. The van der Waals surface area contributed by atoms with Gasteiger partial charge in [-0.1, -0.05) is 41.9 Å². The van der Waals surface area contributed by atoms with Crippen molar-refractivity contribution in [3.63, 3.8) is 0 Å². The van der Waals surface area contributed by atoms with Crippen LogP contribution in [0.15, 0.2) is 64.9 Å². The van der Waals surface area contributed by atoms with E-state index < -0.39 is 22.9 Å². The number of allylic oxidation sites excluding steroid dienone is 1. The number of alkyl halides is 3. The Morgan fingerprint density at radius 2 is 1.57 bits per heavy atom. The minimum absolute atomic E-state index is 0.0730. The number of benzene rings is 2. The molecule has 0 bridgehead atoms. The Labute approximate surface area is 128 Å². The monoisotopic (exact) mass is 330 g/mol. The molecule has 0 radical (unpaired) electrons. The average molecular weight is 331 g/mol. The zero-order valence-corrected chi connectivity index (χ0v) is 12.2. The molecule has 0 aliphatic carbocycles. The molecule has 6 heteroatoms. The predicted octanol–water partition coefficient (Wildman–Crippen LogP) is 5.05. The summed E-state index contributed by atoms with van der Waals surface area (Å²) in [7, 11) is 0. The molecule has 0 aromatic heterocycles. The molecule has 2 rings (SSSR count). The smallest absolute Gasteiger partial charge is 0.421 e. The van der Waals surface area contributed by atoms with Gasteiger partial charge in [0.15, 0.2) is 4.90 Å². The van der Waals surface area contributed by atoms with Gasteiger partial charge in [-0.2, -0.15) is 13.2 Å². The fraction of sp³-hybridized carbons (Fsp3) is 0.0667. The summed E-state index contributed by atoms with van der Waals surface area (Å²) in [5, 5.41) is 1.06. The van der Waals surface area contributed by atoms with Crippen molar-refractivity contribution >= 4 is 28.3 Å². The average Bonchev–Trinajstić information content (AvgIpc) is 2.45. The second kappa shape index (κ2) is 6.56. The molecule has 0 amide bonds. The van der Waals surface area contributed by atoms with Crippen LogP contribution in [0.2, 0.25) is 5.02 Å². The Bertz CT molecular complexity index is 624. The highest BCUT2D eigenvalue weighted by Crippen LogP contribution is 2.35. The van der Waals surface area contributed by atoms with Crippen molar-refractivity contribution in [2.24, 2.45) is 0 Å². The van der Waals surface area contributed by atoms with Crippen LogP contribution in [0.5, 0.6) is 0 Å². The summed E-state index contributed by atoms with van der Waals surface area (Å²) in [6.07, 6.45) is -4.60. The van der Waals surface area contributed by atoms with E-state index in [9.17, 15) is 17.7 Å². The summed E-state index contributed by atoms with van der Waals surface area (Å²) >= 11 is 3.79. The van der Waals surface area contributed by atoms with Crippen molar-refractivity contribution in [2.45, 2.75) is 11.1 Å². The third-order valence-corrected chi connectivity index (χ3v) is 4.10. The van der Waals surface area contributed by atoms with Crippen molar-refractivity contribution in [2.75, 3.05) is 0 Å². The van der Waals surface area contributed by atoms with E-state index in [1.807, 2.05) is 0 Å². The van der Waals surface area contributed by atoms with E-state index in [2.05, 4.69) is 0 Å². The second-order valence-corrected chi connectivity index (χ2v) is 5.89. The Morgan fingerprint density at radius 3 is 2.10 bits per heavy atom. The lowest BCUT2D eigenvalue weighted by Crippen LogP contribution is -2.13. The molecule has 1 nitrogen and oxygen atoms in total. The zero-order valence-electron chi connectivity index (χ0n) is 10.6. The van der Waals surface area contributed by atoms with Gasteiger partial charge in [0.05, 0.1) is 0 Å². The fourth-order valence-corrected chi connectivity index (χ4v) is 2.83. The van der Waals surface area contributed by atoms with E-state index in [1.165, 1.54) is 36.4 Å². The molecule has 0 fully saturated rings. The van der Waals surface area contributed by atoms with Crippen LogP contribution in [-0.2, 0) is 11.2 Å². The van der Waals surface area contributed by atoms with Crippen LogP contribution < -0.4 is 0 Å². The zero-order chi connectivity index (χ0) is 15.5. The van der Waals surface area contributed by atoms with Crippen LogP contribution in [0.25, 0.3) is 5.57 Å². The van der Waals surface area contributed by atoms with Gasteiger partial charge < -0.3 is 4.55 Å². The third kappa shape index (κ3) is 4.27. The van der Waals surface area contributed by atoms with E-state index >= 15 is 0 Å². The first-order valence-electron chi connectivity index (χ1n) is 5.88. The molecule has 0 heterocycles. The molecule has 0 spiro atoms. The molecule has 0 N–H and O–H groups in total. The molecule has 21 heavy (non-hydrogen) atoms. The highest BCUT2D eigenvalue weighted by Gasteiger charge is 2.37. The topological polar surface area (TPSA) is 23.1 Å². The highest BCUT2D eigenvalue weighted by molar-refractivity contribution is 7.94. The van der Waals surface area contributed by atoms with Crippen LogP contribution in [0.1, 0.15) is 5.56 Å². The number of hydrogen-bond donors (Lipinski definition) is 0. The number of halogens is 4. The first kappa shape index (κ1) is 15.9. The summed E-state index contributed by atoms with van der Waals surface area (Å²) in [6.45, 7) is 0. The fourth-order valence-electron chi connectivity index (χ4n) is 1.66. The van der Waals surface area contributed by atoms with Gasteiger partial charge in [0, 0.05) is 16.2 Å². The first-order chi connectivity index (χ1) is 9.88. The Morgan fingerprint density at radius 1 is 1.00 bits per heavy atom. The molecule has 110 valence electrons. The van der Waals surface area contributed by atoms with Crippen LogP contribution in [-0.4, -0.2) is 10.7 Å². The molecular weight excluding hydrogens is 321 g/mol. The van der Waals surface area contributed by atoms with Crippen molar-refractivity contribution in [1.29, 1.82) is 0 Å². The predicted molar refractivity (Wildman–Crippen MR) is 78.3 cm³/mol. The summed E-state index contributed by atoms with van der Waals surface area (Å²) < 4.78 is 51.5. The van der Waals surface area contributed by atoms with Crippen molar-refractivity contribution in [1.82, 2.24) is 0 Å². The second-order valence-electron chi connectivity index (χ2n) is 4.15. The largest absolute Gasteiger partial charge is 0.607 e. The van der Waals surface area contributed by atoms with E-state index in [0.717, 1.165) is 5.41 Å². The van der Waals surface area contributed by atoms with Crippen molar-refractivity contribution in [3.8, 4) is 0 Å². The maximum absolute atomic E-state index is 13.1. The summed E-state index contributed by atoms with van der Waals surface area (Å²) in [5.74, 6) is 0. The number of rotatable bonds is 3. The third-order valence-electron chi connectivity index (χ3n) is 2.66.